The first-order chi connectivity index (χ1) is 11.2. The predicted molar refractivity (Wildman–Crippen MR) is 87.8 cm³/mol. The molecule has 7 nitrogen and oxygen atoms in total. The number of halogens is 1. The van der Waals surface area contributed by atoms with Crippen LogP contribution in [-0.4, -0.2) is 27.9 Å². The molecule has 0 unspecified atom stereocenters. The zero-order valence-corrected chi connectivity index (χ0v) is 14.2. The number of carboxylic acids is 1. The van der Waals surface area contributed by atoms with Gasteiger partial charge in [0.1, 0.15) is 10.6 Å². The maximum Gasteiger partial charge on any atom is 0.412 e. The number of rotatable bonds is 3. The van der Waals surface area contributed by atoms with E-state index < -0.39 is 17.7 Å². The second-order valence-corrected chi connectivity index (χ2v) is 7.14. The van der Waals surface area contributed by atoms with Gasteiger partial charge in [0.15, 0.2) is 5.58 Å². The van der Waals surface area contributed by atoms with Gasteiger partial charge in [0.2, 0.25) is 0 Å². The van der Waals surface area contributed by atoms with Crippen molar-refractivity contribution < 1.29 is 24.0 Å². The zero-order chi connectivity index (χ0) is 17.6. The zero-order valence-electron chi connectivity index (χ0n) is 13.5. The summed E-state index contributed by atoms with van der Waals surface area (Å²) in [6.45, 7) is 5.21. The molecule has 0 spiro atoms. The molecule has 128 valence electrons. The smallest absolute Gasteiger partial charge is 0.412 e. The monoisotopic (exact) mass is 352 g/mol. The molecule has 1 heterocycles. The lowest BCUT2D eigenvalue weighted by Crippen LogP contribution is -2.27. The molecule has 2 aromatic rings. The molecule has 3 rings (SSSR count). The average molecular weight is 353 g/mol. The molecule has 1 aromatic heterocycles. The number of fused-ring (bicyclic) bond motifs is 1. The van der Waals surface area contributed by atoms with E-state index in [9.17, 15) is 14.7 Å². The number of benzene rings is 1. The van der Waals surface area contributed by atoms with E-state index in [2.05, 4.69) is 10.5 Å². The fourth-order valence-corrected chi connectivity index (χ4v) is 2.68. The number of hydrogen-bond acceptors (Lipinski definition) is 5. The fraction of sp³-hybridized carbons (Fsp3) is 0.438. The number of ether oxygens (including phenoxy) is 1. The summed E-state index contributed by atoms with van der Waals surface area (Å²) in [4.78, 5) is 23.5. The summed E-state index contributed by atoms with van der Waals surface area (Å²) in [5, 5.41) is 16.4. The molecule has 2 N–H and O–H groups in total. The number of nitrogens with one attached hydrogen (secondary N) is 1. The Balaban J connectivity index is 2.10. The van der Waals surface area contributed by atoms with Crippen LogP contribution in [0.5, 0.6) is 0 Å². The maximum atomic E-state index is 12.1. The van der Waals surface area contributed by atoms with Crippen molar-refractivity contribution in [3.8, 4) is 0 Å². The third kappa shape index (κ3) is 3.17. The van der Waals surface area contributed by atoms with Crippen LogP contribution in [0.25, 0.3) is 11.0 Å². The number of hydrogen-bond donors (Lipinski definition) is 2. The third-order valence-corrected chi connectivity index (χ3v) is 3.92. The van der Waals surface area contributed by atoms with E-state index in [4.69, 9.17) is 20.9 Å². The van der Waals surface area contributed by atoms with Gasteiger partial charge in [-0.25, -0.2) is 9.59 Å². The minimum Gasteiger partial charge on any atom is -0.478 e. The lowest BCUT2D eigenvalue weighted by molar-refractivity contribution is 0.0633. The Labute approximate surface area is 142 Å². The van der Waals surface area contributed by atoms with Gasteiger partial charge in [-0.2, -0.15) is 0 Å². The molecule has 0 radical (unpaired) electrons. The van der Waals surface area contributed by atoms with E-state index in [1.165, 1.54) is 6.07 Å². The number of anilines is 1. The van der Waals surface area contributed by atoms with E-state index >= 15 is 0 Å². The van der Waals surface area contributed by atoms with Gasteiger partial charge in [-0.05, 0) is 39.7 Å². The Bertz CT molecular complexity index is 833. The Hall–Kier alpha value is -2.28. The molecular formula is C16H17ClN2O5. The van der Waals surface area contributed by atoms with Gasteiger partial charge in [-0.15, -0.1) is 0 Å². The first kappa shape index (κ1) is 16.6. The van der Waals surface area contributed by atoms with Gasteiger partial charge in [0, 0.05) is 5.92 Å². The summed E-state index contributed by atoms with van der Waals surface area (Å²) in [6.07, 6.45) is 1.24. The molecule has 1 aromatic carbocycles. The van der Waals surface area contributed by atoms with E-state index in [0.29, 0.717) is 11.1 Å². The summed E-state index contributed by atoms with van der Waals surface area (Å²) in [6, 6.07) is 1.31. The van der Waals surface area contributed by atoms with Crippen LogP contribution >= 0.6 is 11.6 Å². The summed E-state index contributed by atoms with van der Waals surface area (Å²) >= 11 is 6.13. The molecule has 0 aliphatic heterocycles. The lowest BCUT2D eigenvalue weighted by atomic mass is 10.1. The molecule has 1 fully saturated rings. The lowest BCUT2D eigenvalue weighted by Gasteiger charge is -2.20. The average Bonchev–Trinajstić information content (AvgIpc) is 3.18. The highest BCUT2D eigenvalue weighted by molar-refractivity contribution is 6.38. The van der Waals surface area contributed by atoms with Crippen molar-refractivity contribution in [2.75, 3.05) is 5.32 Å². The molecule has 0 bridgehead atoms. The normalized spacial score (nSPS) is 14.7. The Kier molecular flexibility index (Phi) is 3.91. The number of amides is 1. The van der Waals surface area contributed by atoms with Gasteiger partial charge in [-0.3, -0.25) is 5.32 Å². The third-order valence-electron chi connectivity index (χ3n) is 3.54. The van der Waals surface area contributed by atoms with Crippen molar-refractivity contribution in [3.05, 3.63) is 22.3 Å². The standard InChI is InChI=1S/C16H17ClN2O5/c1-16(2,3)23-15(22)18-9-6-8(14(20)21)11(17)13-10(9)12(19-24-13)7-4-5-7/h6-7H,4-5H2,1-3H3,(H,18,22)(H,20,21). The molecule has 1 saturated carbocycles. The van der Waals surface area contributed by atoms with Gasteiger partial charge in [0.25, 0.3) is 0 Å². The van der Waals surface area contributed by atoms with E-state index in [1.54, 1.807) is 20.8 Å². The van der Waals surface area contributed by atoms with Crippen LogP contribution in [0.3, 0.4) is 0 Å². The quantitative estimate of drug-likeness (QED) is 0.848. The molecule has 24 heavy (non-hydrogen) atoms. The molecule has 0 saturated heterocycles. The van der Waals surface area contributed by atoms with E-state index in [1.807, 2.05) is 0 Å². The Morgan fingerprint density at radius 2 is 2.08 bits per heavy atom. The highest BCUT2D eigenvalue weighted by atomic mass is 35.5. The van der Waals surface area contributed by atoms with Crippen LogP contribution in [0.2, 0.25) is 5.02 Å². The van der Waals surface area contributed by atoms with Crippen molar-refractivity contribution >= 4 is 40.3 Å². The number of carbonyl (C=O) groups excluding carboxylic acids is 1. The topological polar surface area (TPSA) is 102 Å². The molecule has 8 heteroatoms. The van der Waals surface area contributed by atoms with Crippen LogP contribution in [0, 0.1) is 0 Å². The maximum absolute atomic E-state index is 12.1. The van der Waals surface area contributed by atoms with Crippen molar-refractivity contribution in [3.63, 3.8) is 0 Å². The SMILES string of the molecule is CC(C)(C)OC(=O)Nc1cc(C(=O)O)c(Cl)c2onc(C3CC3)c12. The number of aromatic nitrogens is 1. The number of carbonyl (C=O) groups is 2. The van der Waals surface area contributed by atoms with Gasteiger partial charge >= 0.3 is 12.1 Å². The van der Waals surface area contributed by atoms with Crippen molar-refractivity contribution in [2.24, 2.45) is 0 Å². The number of aromatic carboxylic acids is 1. The molecule has 1 aliphatic carbocycles. The van der Waals surface area contributed by atoms with Crippen LogP contribution in [-0.2, 0) is 4.74 Å². The Morgan fingerprint density at radius 1 is 1.42 bits per heavy atom. The van der Waals surface area contributed by atoms with Crippen LogP contribution in [0.1, 0.15) is 55.6 Å². The number of carboxylic acid groups (broad SMARTS) is 1. The summed E-state index contributed by atoms with van der Waals surface area (Å²) in [7, 11) is 0. The predicted octanol–water partition coefficient (Wildman–Crippen LogP) is 4.40. The highest BCUT2D eigenvalue weighted by Gasteiger charge is 2.33. The first-order valence-electron chi connectivity index (χ1n) is 7.52. The number of nitrogens with zero attached hydrogens (tertiary/aromatic N) is 1. The van der Waals surface area contributed by atoms with Crippen molar-refractivity contribution in [1.29, 1.82) is 0 Å². The van der Waals surface area contributed by atoms with E-state index in [0.717, 1.165) is 12.8 Å². The first-order valence-corrected chi connectivity index (χ1v) is 7.90. The minimum atomic E-state index is -1.22. The van der Waals surface area contributed by atoms with Crippen LogP contribution in [0.15, 0.2) is 10.6 Å². The van der Waals surface area contributed by atoms with Gasteiger partial charge < -0.3 is 14.4 Å². The molecule has 1 aliphatic rings. The second kappa shape index (κ2) is 5.66. The molecule has 1 amide bonds. The second-order valence-electron chi connectivity index (χ2n) is 6.76. The molecule has 0 atom stereocenters. The van der Waals surface area contributed by atoms with Crippen LogP contribution < -0.4 is 5.32 Å². The largest absolute Gasteiger partial charge is 0.478 e. The van der Waals surface area contributed by atoms with E-state index in [-0.39, 0.29) is 27.8 Å². The summed E-state index contributed by atoms with van der Waals surface area (Å²) in [5.74, 6) is -0.990. The highest BCUT2D eigenvalue weighted by Crippen LogP contribution is 2.46. The van der Waals surface area contributed by atoms with Crippen molar-refractivity contribution in [1.82, 2.24) is 5.16 Å². The van der Waals surface area contributed by atoms with Crippen LogP contribution in [0.4, 0.5) is 10.5 Å². The van der Waals surface area contributed by atoms with Crippen molar-refractivity contribution in [2.45, 2.75) is 45.1 Å². The minimum absolute atomic E-state index is 0.0355. The summed E-state index contributed by atoms with van der Waals surface area (Å²) < 4.78 is 10.5. The van der Waals surface area contributed by atoms with Gasteiger partial charge in [0.05, 0.1) is 22.3 Å². The molecular weight excluding hydrogens is 336 g/mol. The summed E-state index contributed by atoms with van der Waals surface area (Å²) in [5.41, 5.74) is 0.247. The fourth-order valence-electron chi connectivity index (χ4n) is 2.42. The van der Waals surface area contributed by atoms with Gasteiger partial charge in [-0.1, -0.05) is 16.8 Å². The Morgan fingerprint density at radius 3 is 2.62 bits per heavy atom.